The summed E-state index contributed by atoms with van der Waals surface area (Å²) in [5.41, 5.74) is 0.766. The fraction of sp³-hybridized carbons (Fsp3) is 0.421. The number of hydrogen-bond acceptors (Lipinski definition) is 9. The van der Waals surface area contributed by atoms with E-state index in [0.29, 0.717) is 30.7 Å². The van der Waals surface area contributed by atoms with E-state index >= 15 is 0 Å². The zero-order valence-corrected chi connectivity index (χ0v) is 17.8. The Labute approximate surface area is 174 Å². The molecule has 3 rings (SSSR count). The van der Waals surface area contributed by atoms with Crippen LogP contribution in [-0.2, 0) is 11.3 Å². The van der Waals surface area contributed by atoms with E-state index in [4.69, 9.17) is 9.47 Å². The van der Waals surface area contributed by atoms with Crippen LogP contribution in [0, 0.1) is 0 Å². The van der Waals surface area contributed by atoms with Gasteiger partial charge in [0.2, 0.25) is 5.95 Å². The van der Waals surface area contributed by atoms with Crippen LogP contribution in [0.4, 0.5) is 5.95 Å². The summed E-state index contributed by atoms with van der Waals surface area (Å²) in [5.74, 6) is 2.90. The van der Waals surface area contributed by atoms with Crippen LogP contribution in [-0.4, -0.2) is 55.8 Å². The highest BCUT2D eigenvalue weighted by atomic mass is 32.2. The fourth-order valence-electron chi connectivity index (χ4n) is 2.58. The van der Waals surface area contributed by atoms with Crippen molar-refractivity contribution in [2.75, 3.05) is 25.5 Å². The maximum absolute atomic E-state index is 5.24. The molecule has 0 aliphatic heterocycles. The van der Waals surface area contributed by atoms with E-state index in [-0.39, 0.29) is 11.2 Å². The monoisotopic (exact) mass is 415 g/mol. The molecule has 0 aliphatic rings. The third-order valence-electron chi connectivity index (χ3n) is 4.50. The summed E-state index contributed by atoms with van der Waals surface area (Å²) < 4.78 is 15.7. The standard InChI is InChI=1S/C19H25N7O2S/c1-13(17-21-11-15(28-4)12-22-17)14(2)29-25-19-24-23-18(26(19)9-10-27-3)16-7-5-6-8-20-16/h5-8,11-14H,9-10H2,1-4H3,(H,24,25). The summed E-state index contributed by atoms with van der Waals surface area (Å²) in [7, 11) is 3.27. The normalized spacial score (nSPS) is 13.1. The van der Waals surface area contributed by atoms with Gasteiger partial charge < -0.3 is 9.47 Å². The average Bonchev–Trinajstić information content (AvgIpc) is 3.18. The predicted octanol–water partition coefficient (Wildman–Crippen LogP) is 3.04. The van der Waals surface area contributed by atoms with Crippen LogP contribution in [0.25, 0.3) is 11.5 Å². The summed E-state index contributed by atoms with van der Waals surface area (Å²) in [6, 6.07) is 5.72. The van der Waals surface area contributed by atoms with Crippen molar-refractivity contribution in [2.24, 2.45) is 0 Å². The zero-order valence-electron chi connectivity index (χ0n) is 16.9. The van der Waals surface area contributed by atoms with Gasteiger partial charge in [0, 0.05) is 24.5 Å². The second-order valence-corrected chi connectivity index (χ2v) is 7.58. The zero-order chi connectivity index (χ0) is 20.6. The fourth-order valence-corrected chi connectivity index (χ4v) is 3.35. The lowest BCUT2D eigenvalue weighted by Crippen LogP contribution is -2.15. The quantitative estimate of drug-likeness (QED) is 0.501. The molecule has 0 amide bonds. The topological polar surface area (TPSA) is 99.9 Å². The molecule has 0 bridgehead atoms. The van der Waals surface area contributed by atoms with E-state index in [1.807, 2.05) is 22.8 Å². The number of pyridine rings is 1. The van der Waals surface area contributed by atoms with Crippen molar-refractivity contribution in [3.8, 4) is 17.3 Å². The first-order valence-electron chi connectivity index (χ1n) is 9.25. The van der Waals surface area contributed by atoms with Gasteiger partial charge in [0.15, 0.2) is 11.6 Å². The minimum atomic E-state index is 0.129. The van der Waals surface area contributed by atoms with E-state index in [9.17, 15) is 0 Å². The van der Waals surface area contributed by atoms with Crippen LogP contribution >= 0.6 is 11.9 Å². The lowest BCUT2D eigenvalue weighted by Gasteiger charge is -2.19. The Morgan fingerprint density at radius 3 is 2.55 bits per heavy atom. The summed E-state index contributed by atoms with van der Waals surface area (Å²) in [6.45, 7) is 5.37. The number of aromatic nitrogens is 6. The Morgan fingerprint density at radius 2 is 1.90 bits per heavy atom. The molecule has 154 valence electrons. The van der Waals surface area contributed by atoms with Crippen molar-refractivity contribution >= 4 is 17.9 Å². The van der Waals surface area contributed by atoms with Crippen LogP contribution in [0.2, 0.25) is 0 Å². The molecule has 0 radical (unpaired) electrons. The first kappa shape index (κ1) is 21.0. The largest absolute Gasteiger partial charge is 0.494 e. The Bertz CT molecular complexity index is 889. The van der Waals surface area contributed by atoms with Crippen LogP contribution in [0.3, 0.4) is 0 Å². The molecule has 2 unspecified atom stereocenters. The predicted molar refractivity (Wildman–Crippen MR) is 113 cm³/mol. The SMILES string of the molecule is COCCn1c(NSC(C)C(C)c2ncc(OC)cn2)nnc1-c1ccccn1. The molecule has 29 heavy (non-hydrogen) atoms. The molecule has 1 N–H and O–H groups in total. The van der Waals surface area contributed by atoms with Crippen molar-refractivity contribution in [2.45, 2.75) is 31.6 Å². The Kier molecular flexibility index (Phi) is 7.36. The molecule has 0 aromatic carbocycles. The minimum absolute atomic E-state index is 0.129. The average molecular weight is 416 g/mol. The molecule has 9 nitrogen and oxygen atoms in total. The molecule has 3 aromatic heterocycles. The second-order valence-electron chi connectivity index (χ2n) is 6.40. The maximum atomic E-state index is 5.24. The third-order valence-corrected chi connectivity index (χ3v) is 5.58. The van der Waals surface area contributed by atoms with Crippen molar-refractivity contribution in [1.29, 1.82) is 0 Å². The number of anilines is 1. The molecule has 2 atom stereocenters. The molecule has 0 fully saturated rings. The summed E-state index contributed by atoms with van der Waals surface area (Å²) in [4.78, 5) is 13.2. The summed E-state index contributed by atoms with van der Waals surface area (Å²) in [6.07, 6.45) is 5.11. The van der Waals surface area contributed by atoms with Gasteiger partial charge in [-0.05, 0) is 24.1 Å². The summed E-state index contributed by atoms with van der Waals surface area (Å²) >= 11 is 1.55. The molecule has 3 aromatic rings. The van der Waals surface area contributed by atoms with Gasteiger partial charge in [0.05, 0.1) is 32.7 Å². The van der Waals surface area contributed by atoms with E-state index in [1.54, 1.807) is 44.8 Å². The van der Waals surface area contributed by atoms with Gasteiger partial charge in [0.25, 0.3) is 0 Å². The van der Waals surface area contributed by atoms with Crippen LogP contribution in [0.1, 0.15) is 25.6 Å². The summed E-state index contributed by atoms with van der Waals surface area (Å²) in [5, 5.41) is 8.82. The molecular formula is C19H25N7O2S. The highest BCUT2D eigenvalue weighted by molar-refractivity contribution is 8.01. The molecule has 10 heteroatoms. The molecule has 0 saturated carbocycles. The van der Waals surface area contributed by atoms with Gasteiger partial charge in [-0.1, -0.05) is 19.9 Å². The van der Waals surface area contributed by atoms with Crippen LogP contribution < -0.4 is 9.46 Å². The number of nitrogens with one attached hydrogen (secondary N) is 1. The number of nitrogens with zero attached hydrogens (tertiary/aromatic N) is 6. The van der Waals surface area contributed by atoms with Crippen molar-refractivity contribution < 1.29 is 9.47 Å². The van der Waals surface area contributed by atoms with E-state index < -0.39 is 0 Å². The lowest BCUT2D eigenvalue weighted by molar-refractivity contribution is 0.188. The first-order chi connectivity index (χ1) is 14.1. The van der Waals surface area contributed by atoms with Gasteiger partial charge in [-0.25, -0.2) is 9.97 Å². The lowest BCUT2D eigenvalue weighted by atomic mass is 10.1. The van der Waals surface area contributed by atoms with Gasteiger partial charge >= 0.3 is 0 Å². The highest BCUT2D eigenvalue weighted by Gasteiger charge is 2.20. The Hall–Kier alpha value is -2.72. The molecule has 0 spiro atoms. The Morgan fingerprint density at radius 1 is 1.10 bits per heavy atom. The molecule has 0 saturated heterocycles. The number of hydrogen-bond donors (Lipinski definition) is 1. The number of rotatable bonds is 10. The maximum Gasteiger partial charge on any atom is 0.235 e. The van der Waals surface area contributed by atoms with Crippen molar-refractivity contribution in [3.05, 3.63) is 42.6 Å². The highest BCUT2D eigenvalue weighted by Crippen LogP contribution is 2.28. The first-order valence-corrected chi connectivity index (χ1v) is 10.1. The number of methoxy groups -OCH3 is 2. The van der Waals surface area contributed by atoms with Crippen LogP contribution in [0.5, 0.6) is 5.75 Å². The molecule has 0 aliphatic carbocycles. The second kappa shape index (κ2) is 10.2. The molecular weight excluding hydrogens is 390 g/mol. The third kappa shape index (κ3) is 5.21. The van der Waals surface area contributed by atoms with Gasteiger partial charge in [-0.15, -0.1) is 10.2 Å². The van der Waals surface area contributed by atoms with Crippen molar-refractivity contribution in [1.82, 2.24) is 29.7 Å². The van der Waals surface area contributed by atoms with Gasteiger partial charge in [0.1, 0.15) is 11.5 Å². The van der Waals surface area contributed by atoms with Gasteiger partial charge in [-0.3, -0.25) is 14.3 Å². The van der Waals surface area contributed by atoms with E-state index in [1.165, 1.54) is 0 Å². The Balaban J connectivity index is 1.71. The van der Waals surface area contributed by atoms with E-state index in [2.05, 4.69) is 43.7 Å². The van der Waals surface area contributed by atoms with E-state index in [0.717, 1.165) is 11.5 Å². The molecule has 3 heterocycles. The number of ether oxygens (including phenoxy) is 2. The van der Waals surface area contributed by atoms with Crippen molar-refractivity contribution in [3.63, 3.8) is 0 Å². The van der Waals surface area contributed by atoms with Crippen LogP contribution in [0.15, 0.2) is 36.8 Å². The van der Waals surface area contributed by atoms with Gasteiger partial charge in [-0.2, -0.15) is 0 Å². The smallest absolute Gasteiger partial charge is 0.235 e. The minimum Gasteiger partial charge on any atom is -0.494 e.